The van der Waals surface area contributed by atoms with Crippen LogP contribution < -0.4 is 11.3 Å². The van der Waals surface area contributed by atoms with Crippen molar-refractivity contribution in [1.29, 1.82) is 0 Å². The molecule has 0 aliphatic carbocycles. The number of nitrogens with two attached hydrogens (primary N) is 1. The van der Waals surface area contributed by atoms with Gasteiger partial charge in [-0.05, 0) is 0 Å². The fourth-order valence-electron chi connectivity index (χ4n) is 1.08. The van der Waals surface area contributed by atoms with Crippen molar-refractivity contribution in [1.82, 2.24) is 9.97 Å². The van der Waals surface area contributed by atoms with E-state index in [1.54, 1.807) is 6.07 Å². The molecule has 1 atom stereocenters. The molecule has 1 aromatic rings. The van der Waals surface area contributed by atoms with Crippen LogP contribution in [-0.2, 0) is 0 Å². The van der Waals surface area contributed by atoms with Crippen LogP contribution in [0.5, 0.6) is 0 Å². The van der Waals surface area contributed by atoms with E-state index >= 15 is 0 Å². The lowest BCUT2D eigenvalue weighted by molar-refractivity contribution is 0.300. The lowest BCUT2D eigenvalue weighted by Gasteiger charge is -2.11. The molecule has 0 spiro atoms. The van der Waals surface area contributed by atoms with Gasteiger partial charge in [0.05, 0.1) is 6.61 Å². The summed E-state index contributed by atoms with van der Waals surface area (Å²) >= 11 is 1.51. The largest absolute Gasteiger partial charge is 0.395 e. The zero-order valence-electron chi connectivity index (χ0n) is 9.77. The monoisotopic (exact) mass is 242 g/mol. The van der Waals surface area contributed by atoms with Gasteiger partial charge >= 0.3 is 0 Å². The SMILES string of the molecule is CC(CO)Sc1cc(NN)nc(C(C)C)n1. The van der Waals surface area contributed by atoms with Crippen molar-refractivity contribution in [3.8, 4) is 0 Å². The summed E-state index contributed by atoms with van der Waals surface area (Å²) in [6, 6.07) is 1.78. The maximum atomic E-state index is 9.00. The highest BCUT2D eigenvalue weighted by molar-refractivity contribution is 7.99. The average molecular weight is 242 g/mol. The molecule has 90 valence electrons. The predicted molar refractivity (Wildman–Crippen MR) is 66.3 cm³/mol. The normalized spacial score (nSPS) is 12.9. The van der Waals surface area contributed by atoms with Gasteiger partial charge in [-0.3, -0.25) is 0 Å². The number of hydrogen-bond donors (Lipinski definition) is 3. The van der Waals surface area contributed by atoms with Crippen LogP contribution in [0.3, 0.4) is 0 Å². The molecule has 0 radical (unpaired) electrons. The van der Waals surface area contributed by atoms with Crippen molar-refractivity contribution in [2.24, 2.45) is 5.84 Å². The second-order valence-corrected chi connectivity index (χ2v) is 5.32. The number of thioether (sulfide) groups is 1. The number of aromatic nitrogens is 2. The number of nitrogen functional groups attached to an aromatic ring is 1. The number of rotatable bonds is 5. The second kappa shape index (κ2) is 6.03. The Bertz CT molecular complexity index is 346. The molecule has 0 amide bonds. The van der Waals surface area contributed by atoms with Crippen LogP contribution in [-0.4, -0.2) is 26.9 Å². The van der Waals surface area contributed by atoms with Crippen LogP contribution in [0, 0.1) is 0 Å². The molecule has 1 aromatic heterocycles. The van der Waals surface area contributed by atoms with Crippen LogP contribution >= 0.6 is 11.8 Å². The highest BCUT2D eigenvalue weighted by atomic mass is 32.2. The van der Waals surface area contributed by atoms with E-state index < -0.39 is 0 Å². The van der Waals surface area contributed by atoms with Crippen LogP contribution in [0.4, 0.5) is 5.82 Å². The van der Waals surface area contributed by atoms with E-state index in [9.17, 15) is 0 Å². The number of aliphatic hydroxyl groups is 1. The number of nitrogens with zero attached hydrogens (tertiary/aromatic N) is 2. The van der Waals surface area contributed by atoms with Crippen LogP contribution in [0.15, 0.2) is 11.1 Å². The minimum absolute atomic E-state index is 0.112. The van der Waals surface area contributed by atoms with Gasteiger partial charge in [0.25, 0.3) is 0 Å². The van der Waals surface area contributed by atoms with Gasteiger partial charge in [0.1, 0.15) is 16.7 Å². The molecule has 0 bridgehead atoms. The Kier molecular flexibility index (Phi) is 4.98. The van der Waals surface area contributed by atoms with Gasteiger partial charge in [0.2, 0.25) is 0 Å². The summed E-state index contributed by atoms with van der Waals surface area (Å²) in [7, 11) is 0. The third-order valence-corrected chi connectivity index (χ3v) is 2.97. The van der Waals surface area contributed by atoms with Gasteiger partial charge in [0.15, 0.2) is 0 Å². The molecule has 0 saturated carbocycles. The Morgan fingerprint density at radius 3 is 2.62 bits per heavy atom. The first-order valence-corrected chi connectivity index (χ1v) is 6.08. The molecule has 5 nitrogen and oxygen atoms in total. The molecule has 0 saturated heterocycles. The second-order valence-electron chi connectivity index (χ2n) is 3.86. The topological polar surface area (TPSA) is 84.1 Å². The molecule has 16 heavy (non-hydrogen) atoms. The minimum atomic E-state index is 0.112. The van der Waals surface area contributed by atoms with E-state index in [0.717, 1.165) is 10.9 Å². The van der Waals surface area contributed by atoms with Crippen molar-refractivity contribution in [2.45, 2.75) is 37.0 Å². The first kappa shape index (κ1) is 13.2. The van der Waals surface area contributed by atoms with Crippen molar-refractivity contribution < 1.29 is 5.11 Å². The first-order valence-electron chi connectivity index (χ1n) is 5.20. The smallest absolute Gasteiger partial charge is 0.144 e. The van der Waals surface area contributed by atoms with Gasteiger partial charge in [-0.25, -0.2) is 15.8 Å². The fourth-order valence-corrected chi connectivity index (χ4v) is 1.89. The van der Waals surface area contributed by atoms with Crippen LogP contribution in [0.25, 0.3) is 0 Å². The van der Waals surface area contributed by atoms with Crippen molar-refractivity contribution >= 4 is 17.6 Å². The van der Waals surface area contributed by atoms with Crippen molar-refractivity contribution in [3.05, 3.63) is 11.9 Å². The number of hydrazine groups is 1. The minimum Gasteiger partial charge on any atom is -0.395 e. The van der Waals surface area contributed by atoms with Gasteiger partial charge in [-0.1, -0.05) is 20.8 Å². The van der Waals surface area contributed by atoms with E-state index in [1.807, 2.05) is 20.8 Å². The van der Waals surface area contributed by atoms with E-state index in [1.165, 1.54) is 11.8 Å². The zero-order valence-corrected chi connectivity index (χ0v) is 10.6. The summed E-state index contributed by atoms with van der Waals surface area (Å²) in [6.45, 7) is 6.12. The highest BCUT2D eigenvalue weighted by Crippen LogP contribution is 2.24. The van der Waals surface area contributed by atoms with Gasteiger partial charge in [0, 0.05) is 17.2 Å². The van der Waals surface area contributed by atoms with E-state index in [4.69, 9.17) is 10.9 Å². The predicted octanol–water partition coefficient (Wildman–Crippen LogP) is 1.36. The highest BCUT2D eigenvalue weighted by Gasteiger charge is 2.10. The van der Waals surface area contributed by atoms with Gasteiger partial charge < -0.3 is 10.5 Å². The van der Waals surface area contributed by atoms with Crippen molar-refractivity contribution in [3.63, 3.8) is 0 Å². The standard InChI is InChI=1S/C10H18N4OS/c1-6(2)10-12-8(14-11)4-9(13-10)16-7(3)5-15/h4,6-7,15H,5,11H2,1-3H3,(H,12,13,14). The molecule has 1 rings (SSSR count). The molecule has 4 N–H and O–H groups in total. The van der Waals surface area contributed by atoms with Gasteiger partial charge in [-0.2, -0.15) is 0 Å². The number of aliphatic hydroxyl groups excluding tert-OH is 1. The molecule has 1 unspecified atom stereocenters. The Morgan fingerprint density at radius 1 is 1.44 bits per heavy atom. The molecule has 0 aliphatic rings. The van der Waals surface area contributed by atoms with Gasteiger partial charge in [-0.15, -0.1) is 11.8 Å². The Hall–Kier alpha value is -0.850. The zero-order chi connectivity index (χ0) is 12.1. The molecule has 0 aliphatic heterocycles. The molecular formula is C10H18N4OS. The van der Waals surface area contributed by atoms with Crippen molar-refractivity contribution in [2.75, 3.05) is 12.0 Å². The summed E-state index contributed by atoms with van der Waals surface area (Å²) in [5.74, 6) is 6.96. The fraction of sp³-hybridized carbons (Fsp3) is 0.600. The number of anilines is 1. The quantitative estimate of drug-likeness (QED) is 0.313. The summed E-state index contributed by atoms with van der Waals surface area (Å²) in [5.41, 5.74) is 2.53. The van der Waals surface area contributed by atoms with E-state index in [0.29, 0.717) is 5.82 Å². The maximum Gasteiger partial charge on any atom is 0.144 e. The summed E-state index contributed by atoms with van der Waals surface area (Å²) < 4.78 is 0. The Morgan fingerprint density at radius 2 is 2.12 bits per heavy atom. The van der Waals surface area contributed by atoms with Crippen LogP contribution in [0.1, 0.15) is 32.5 Å². The van der Waals surface area contributed by atoms with Crippen LogP contribution in [0.2, 0.25) is 0 Å². The summed E-state index contributed by atoms with van der Waals surface area (Å²) in [6.07, 6.45) is 0. The number of hydrogen-bond acceptors (Lipinski definition) is 6. The summed E-state index contributed by atoms with van der Waals surface area (Å²) in [4.78, 5) is 8.68. The van der Waals surface area contributed by atoms with E-state index in [2.05, 4.69) is 15.4 Å². The first-order chi connectivity index (χ1) is 7.56. The molecule has 6 heteroatoms. The summed E-state index contributed by atoms with van der Waals surface area (Å²) in [5, 5.41) is 9.94. The average Bonchev–Trinajstić information content (AvgIpc) is 2.28. The third-order valence-electron chi connectivity index (χ3n) is 1.96. The Labute approximate surface area is 99.8 Å². The maximum absolute atomic E-state index is 9.00. The lowest BCUT2D eigenvalue weighted by Crippen LogP contribution is -2.12. The van der Waals surface area contributed by atoms with E-state index in [-0.39, 0.29) is 17.8 Å². The number of nitrogens with one attached hydrogen (secondary N) is 1. The molecule has 0 fully saturated rings. The molecule has 0 aromatic carbocycles. The lowest BCUT2D eigenvalue weighted by atomic mass is 10.2. The Balaban J connectivity index is 2.95. The molecule has 1 heterocycles. The molecular weight excluding hydrogens is 224 g/mol. The third kappa shape index (κ3) is 3.62.